The number of hydrogen-bond donors (Lipinski definition) is 1. The molecule has 0 saturated heterocycles. The molecule has 30 heavy (non-hydrogen) atoms. The third-order valence-corrected chi connectivity index (χ3v) is 4.85. The van der Waals surface area contributed by atoms with Crippen molar-refractivity contribution in [3.05, 3.63) is 71.8 Å². The Morgan fingerprint density at radius 1 is 0.633 bits per heavy atom. The minimum Gasteiger partial charge on any atom is -0.462 e. The second-order valence-corrected chi connectivity index (χ2v) is 7.36. The van der Waals surface area contributed by atoms with Crippen LogP contribution in [-0.2, 0) is 9.47 Å². The smallest absolute Gasteiger partial charge is 0.338 e. The maximum atomic E-state index is 11.8. The highest BCUT2D eigenvalue weighted by atomic mass is 16.5. The second-order valence-electron chi connectivity index (χ2n) is 7.36. The van der Waals surface area contributed by atoms with Crippen molar-refractivity contribution in [1.29, 1.82) is 0 Å². The number of hydrogen-bond acceptors (Lipinski definition) is 5. The molecule has 0 bridgehead atoms. The lowest BCUT2D eigenvalue weighted by molar-refractivity contribution is 0.0489. The van der Waals surface area contributed by atoms with Crippen molar-refractivity contribution >= 4 is 18.9 Å². The minimum absolute atomic E-state index is 0.287. The van der Waals surface area contributed by atoms with E-state index >= 15 is 0 Å². The predicted molar refractivity (Wildman–Crippen MR) is 119 cm³/mol. The van der Waals surface area contributed by atoms with Gasteiger partial charge in [0.15, 0.2) is 0 Å². The van der Waals surface area contributed by atoms with Crippen molar-refractivity contribution in [2.24, 2.45) is 0 Å². The van der Waals surface area contributed by atoms with Crippen molar-refractivity contribution < 1.29 is 24.1 Å². The van der Waals surface area contributed by atoms with Gasteiger partial charge in [-0.3, -0.25) is 0 Å². The summed E-state index contributed by atoms with van der Waals surface area (Å²) in [6, 6.07) is 18.0. The van der Waals surface area contributed by atoms with Crippen LogP contribution in [0.1, 0.15) is 59.2 Å². The van der Waals surface area contributed by atoms with Crippen LogP contribution in [0.4, 0.5) is 0 Å². The van der Waals surface area contributed by atoms with Gasteiger partial charge in [-0.25, -0.2) is 9.59 Å². The average Bonchev–Trinajstić information content (AvgIpc) is 2.79. The average molecular weight is 410 g/mol. The molecule has 0 aliphatic rings. The molecule has 0 amide bonds. The number of rotatable bonds is 14. The Balaban J connectivity index is 1.40. The van der Waals surface area contributed by atoms with Crippen LogP contribution in [0.25, 0.3) is 0 Å². The first kappa shape index (κ1) is 23.7. The van der Waals surface area contributed by atoms with Crippen LogP contribution in [0, 0.1) is 0 Å². The summed E-state index contributed by atoms with van der Waals surface area (Å²) < 4.78 is 10.5. The van der Waals surface area contributed by atoms with Crippen LogP contribution in [0.15, 0.2) is 60.7 Å². The van der Waals surface area contributed by atoms with Gasteiger partial charge >= 0.3 is 11.9 Å². The molecule has 0 aromatic heterocycles. The summed E-state index contributed by atoms with van der Waals surface area (Å²) in [6.45, 7) is 0.514. The van der Waals surface area contributed by atoms with Gasteiger partial charge in [-0.05, 0) is 49.7 Å². The summed E-state index contributed by atoms with van der Waals surface area (Å²) in [4.78, 5) is 23.6. The number of unbranched alkanes of at least 4 members (excludes halogenated alkanes) is 4. The number of ether oxygens (including phenoxy) is 2. The monoisotopic (exact) mass is 410 g/mol. The summed E-state index contributed by atoms with van der Waals surface area (Å²) >= 11 is 0. The van der Waals surface area contributed by atoms with E-state index < -0.39 is 0 Å². The number of esters is 2. The molecule has 0 aliphatic carbocycles. The summed E-state index contributed by atoms with van der Waals surface area (Å²) in [5.41, 5.74) is 1.14. The van der Waals surface area contributed by atoms with Gasteiger partial charge in [-0.2, -0.15) is 0 Å². The molecule has 2 aromatic carbocycles. The fourth-order valence-corrected chi connectivity index (χ4v) is 3.11. The SMILES string of the molecule is O=C(OCCCCCB(O)CCCCCOC(=O)c1ccccc1)c1ccccc1. The molecule has 0 aliphatic heterocycles. The lowest BCUT2D eigenvalue weighted by Gasteiger charge is -2.08. The van der Waals surface area contributed by atoms with Crippen molar-refractivity contribution in [3.8, 4) is 0 Å². The van der Waals surface area contributed by atoms with E-state index in [1.807, 2.05) is 36.4 Å². The maximum absolute atomic E-state index is 11.8. The topological polar surface area (TPSA) is 72.8 Å². The number of benzene rings is 2. The molecule has 0 spiro atoms. The highest BCUT2D eigenvalue weighted by molar-refractivity contribution is 6.50. The van der Waals surface area contributed by atoms with E-state index in [0.29, 0.717) is 24.3 Å². The highest BCUT2D eigenvalue weighted by Gasteiger charge is 2.11. The van der Waals surface area contributed by atoms with Crippen LogP contribution >= 0.6 is 0 Å². The van der Waals surface area contributed by atoms with E-state index in [1.54, 1.807) is 24.3 Å². The molecule has 5 nitrogen and oxygen atoms in total. The van der Waals surface area contributed by atoms with Gasteiger partial charge in [0.1, 0.15) is 0 Å². The predicted octanol–water partition coefficient (Wildman–Crippen LogP) is 5.02. The Labute approximate surface area is 179 Å². The lowest BCUT2D eigenvalue weighted by Crippen LogP contribution is -2.11. The second kappa shape index (κ2) is 14.4. The first-order chi connectivity index (χ1) is 14.7. The van der Waals surface area contributed by atoms with E-state index in [1.165, 1.54) is 0 Å². The number of carbonyl (C=O) groups excluding carboxylic acids is 2. The van der Waals surface area contributed by atoms with E-state index in [-0.39, 0.29) is 18.9 Å². The van der Waals surface area contributed by atoms with Gasteiger partial charge < -0.3 is 14.5 Å². The van der Waals surface area contributed by atoms with Crippen LogP contribution in [0.3, 0.4) is 0 Å². The molecule has 0 fully saturated rings. The summed E-state index contributed by atoms with van der Waals surface area (Å²) in [6.07, 6.45) is 6.81. The van der Waals surface area contributed by atoms with Crippen LogP contribution in [0.2, 0.25) is 12.6 Å². The maximum Gasteiger partial charge on any atom is 0.338 e. The molecule has 0 radical (unpaired) electrons. The van der Waals surface area contributed by atoms with Gasteiger partial charge in [0.05, 0.1) is 24.3 Å². The third-order valence-electron chi connectivity index (χ3n) is 4.85. The Kier molecular flexibility index (Phi) is 11.4. The zero-order valence-corrected chi connectivity index (χ0v) is 17.5. The molecule has 0 atom stereocenters. The van der Waals surface area contributed by atoms with Gasteiger partial charge in [0, 0.05) is 0 Å². The summed E-state index contributed by atoms with van der Waals surface area (Å²) in [5, 5.41) is 10.1. The standard InChI is InChI=1S/C24H31BO5/c26-23(21-13-5-1-6-14-21)29-19-11-3-9-17-25(28)18-10-4-12-20-30-24(27)22-15-7-2-8-16-22/h1-2,5-8,13-16,28H,3-4,9-12,17-20H2. The minimum atomic E-state index is -0.302. The largest absolute Gasteiger partial charge is 0.462 e. The fourth-order valence-electron chi connectivity index (χ4n) is 3.11. The van der Waals surface area contributed by atoms with Crippen molar-refractivity contribution in [2.45, 2.75) is 51.2 Å². The molecule has 0 unspecified atom stereocenters. The fraction of sp³-hybridized carbons (Fsp3) is 0.417. The zero-order chi connectivity index (χ0) is 21.4. The van der Waals surface area contributed by atoms with Gasteiger partial charge in [0.2, 0.25) is 0 Å². The van der Waals surface area contributed by atoms with Gasteiger partial charge in [0.25, 0.3) is 6.92 Å². The Hall–Kier alpha value is -2.60. The van der Waals surface area contributed by atoms with E-state index in [0.717, 1.165) is 51.2 Å². The quantitative estimate of drug-likeness (QED) is 0.269. The lowest BCUT2D eigenvalue weighted by atomic mass is 9.60. The van der Waals surface area contributed by atoms with Crippen LogP contribution in [0.5, 0.6) is 0 Å². The normalized spacial score (nSPS) is 10.4. The molecule has 1 N–H and O–H groups in total. The van der Waals surface area contributed by atoms with Crippen molar-refractivity contribution in [1.82, 2.24) is 0 Å². The summed E-state index contributed by atoms with van der Waals surface area (Å²) in [7, 11) is 0. The van der Waals surface area contributed by atoms with E-state index in [2.05, 4.69) is 0 Å². The van der Waals surface area contributed by atoms with E-state index in [4.69, 9.17) is 9.47 Å². The van der Waals surface area contributed by atoms with Crippen LogP contribution in [-0.4, -0.2) is 37.1 Å². The molecule has 2 aromatic rings. The van der Waals surface area contributed by atoms with E-state index in [9.17, 15) is 14.6 Å². The Morgan fingerprint density at radius 2 is 1.03 bits per heavy atom. The molecule has 160 valence electrons. The molecular formula is C24H31BO5. The van der Waals surface area contributed by atoms with Gasteiger partial charge in [-0.15, -0.1) is 0 Å². The molecule has 6 heteroatoms. The third kappa shape index (κ3) is 9.74. The Morgan fingerprint density at radius 3 is 1.43 bits per heavy atom. The van der Waals surface area contributed by atoms with Crippen LogP contribution < -0.4 is 0 Å². The summed E-state index contributed by atoms with van der Waals surface area (Å²) in [5.74, 6) is -0.574. The zero-order valence-electron chi connectivity index (χ0n) is 17.5. The molecular weight excluding hydrogens is 379 g/mol. The van der Waals surface area contributed by atoms with Crippen molar-refractivity contribution in [3.63, 3.8) is 0 Å². The number of carbonyl (C=O) groups is 2. The first-order valence-electron chi connectivity index (χ1n) is 10.8. The molecule has 0 saturated carbocycles. The molecule has 0 heterocycles. The Bertz CT molecular complexity index is 672. The van der Waals surface area contributed by atoms with Crippen molar-refractivity contribution in [2.75, 3.05) is 13.2 Å². The molecule has 2 rings (SSSR count). The van der Waals surface area contributed by atoms with Gasteiger partial charge in [-0.1, -0.05) is 62.1 Å². The highest BCUT2D eigenvalue weighted by Crippen LogP contribution is 2.11. The first-order valence-corrected chi connectivity index (χ1v) is 10.8.